The summed E-state index contributed by atoms with van der Waals surface area (Å²) in [6.07, 6.45) is 1.78. The molecule has 3 aliphatic rings. The lowest BCUT2D eigenvalue weighted by Crippen LogP contribution is -2.63. The Bertz CT molecular complexity index is 1240. The van der Waals surface area contributed by atoms with Gasteiger partial charge in [-0.15, -0.1) is 11.8 Å². The van der Waals surface area contributed by atoms with E-state index in [1.165, 1.54) is 40.9 Å². The van der Waals surface area contributed by atoms with Gasteiger partial charge in [0.2, 0.25) is 5.91 Å². The third-order valence-electron chi connectivity index (χ3n) is 6.98. The van der Waals surface area contributed by atoms with E-state index < -0.39 is 22.9 Å². The summed E-state index contributed by atoms with van der Waals surface area (Å²) in [4.78, 5) is 43.4. The summed E-state index contributed by atoms with van der Waals surface area (Å²) >= 11 is 1.54. The molecule has 1 aromatic carbocycles. The van der Waals surface area contributed by atoms with E-state index in [0.29, 0.717) is 5.56 Å². The Morgan fingerprint density at radius 1 is 1.40 bits per heavy atom. The number of ether oxygens (including phenoxy) is 1. The molecule has 0 radical (unpaired) electrons. The van der Waals surface area contributed by atoms with Crippen LogP contribution in [-0.4, -0.2) is 48.6 Å². The number of hydrogen-bond donors (Lipinski definition) is 1. The van der Waals surface area contributed by atoms with E-state index in [0.717, 1.165) is 23.7 Å². The number of benzene rings is 1. The molecule has 1 N–H and O–H groups in total. The van der Waals surface area contributed by atoms with Crippen molar-refractivity contribution in [1.82, 2.24) is 14.6 Å². The fourth-order valence-corrected chi connectivity index (χ4v) is 6.65. The number of esters is 1. The number of carbonyl (C=O) groups excluding carboxylic acids is 2. The summed E-state index contributed by atoms with van der Waals surface area (Å²) in [6, 6.07) is 5.47. The van der Waals surface area contributed by atoms with Crippen molar-refractivity contribution >= 4 is 29.3 Å². The Morgan fingerprint density at radius 2 is 2.11 bits per heavy atom. The Labute approximate surface area is 205 Å². The van der Waals surface area contributed by atoms with Crippen LogP contribution in [0.1, 0.15) is 36.9 Å². The van der Waals surface area contributed by atoms with Crippen molar-refractivity contribution in [2.45, 2.75) is 50.8 Å². The average Bonchev–Trinajstić information content (AvgIpc) is 3.46. The number of fused-ring (bicyclic) bond motifs is 2. The largest absolute Gasteiger partial charge is 0.456 e. The smallest absolute Gasteiger partial charge is 0.356 e. The number of nitro benzene ring substituents is 1. The molecule has 184 valence electrons. The molecule has 0 saturated carbocycles. The molecule has 5 atom stereocenters. The molecule has 5 rings (SSSR count). The van der Waals surface area contributed by atoms with Gasteiger partial charge >= 0.3 is 12.3 Å². The number of aliphatic hydroxyl groups excluding tert-OH is 1. The second-order valence-corrected chi connectivity index (χ2v) is 10.4. The standard InChI is InChI=1S/C23H26N5O6S/c1-12-18-17(13(2)29)22(30)27(18)19(20(12)35-16-8-9-26-21(16)24-11-25(26)3)23(31)34-10-14-4-6-15(7-5-14)28(32)33/h4-7,11-13,16-18,29H,8-10H2,1-3H3/q+1/t12-,13-,16?,17-,18-/m1/s1. The molecule has 1 aromatic heterocycles. The lowest BCUT2D eigenvalue weighted by Gasteiger charge is -2.46. The summed E-state index contributed by atoms with van der Waals surface area (Å²) in [5.41, 5.74) is 0.779. The summed E-state index contributed by atoms with van der Waals surface area (Å²) in [6.45, 7) is 4.30. The van der Waals surface area contributed by atoms with Gasteiger partial charge in [0.15, 0.2) is 0 Å². The van der Waals surface area contributed by atoms with Crippen LogP contribution in [0, 0.1) is 22.0 Å². The first-order chi connectivity index (χ1) is 16.7. The number of nitrogens with zero attached hydrogens (tertiary/aromatic N) is 5. The number of rotatable bonds is 7. The lowest BCUT2D eigenvalue weighted by atomic mass is 9.79. The molecule has 0 aliphatic carbocycles. The zero-order chi connectivity index (χ0) is 25.0. The van der Waals surface area contributed by atoms with Crippen LogP contribution in [0.2, 0.25) is 0 Å². The maximum absolute atomic E-state index is 13.3. The predicted octanol–water partition coefficient (Wildman–Crippen LogP) is 1.61. The minimum atomic E-state index is -0.822. The van der Waals surface area contributed by atoms with Gasteiger partial charge in [-0.1, -0.05) is 6.92 Å². The summed E-state index contributed by atoms with van der Waals surface area (Å²) < 4.78 is 9.58. The van der Waals surface area contributed by atoms with Gasteiger partial charge in [-0.25, -0.2) is 4.79 Å². The van der Waals surface area contributed by atoms with E-state index in [1.54, 1.807) is 13.3 Å². The van der Waals surface area contributed by atoms with Crippen molar-refractivity contribution in [3.63, 3.8) is 0 Å². The van der Waals surface area contributed by atoms with E-state index in [2.05, 4.69) is 9.67 Å². The zero-order valence-corrected chi connectivity index (χ0v) is 20.3. The lowest BCUT2D eigenvalue weighted by molar-refractivity contribution is -0.754. The monoisotopic (exact) mass is 500 g/mol. The van der Waals surface area contributed by atoms with Crippen molar-refractivity contribution in [3.05, 3.63) is 62.7 Å². The number of amides is 1. The van der Waals surface area contributed by atoms with Gasteiger partial charge < -0.3 is 14.7 Å². The zero-order valence-electron chi connectivity index (χ0n) is 19.5. The van der Waals surface area contributed by atoms with Crippen LogP contribution in [0.5, 0.6) is 0 Å². The molecule has 35 heavy (non-hydrogen) atoms. The molecular formula is C23H26N5O6S+. The fourth-order valence-electron chi connectivity index (χ4n) is 5.19. The quantitative estimate of drug-likeness (QED) is 0.199. The number of nitro groups is 1. The van der Waals surface area contributed by atoms with Gasteiger partial charge in [0.05, 0.1) is 34.8 Å². The number of aromatic nitrogens is 3. The second kappa shape index (κ2) is 8.76. The molecule has 1 fully saturated rings. The minimum absolute atomic E-state index is 0.0323. The topological polar surface area (TPSA) is 132 Å². The highest BCUT2D eigenvalue weighted by molar-refractivity contribution is 8.03. The van der Waals surface area contributed by atoms with Crippen molar-refractivity contribution in [3.8, 4) is 0 Å². The van der Waals surface area contributed by atoms with Crippen LogP contribution in [0.25, 0.3) is 0 Å². The van der Waals surface area contributed by atoms with Gasteiger partial charge in [-0.3, -0.25) is 14.9 Å². The first-order valence-electron chi connectivity index (χ1n) is 11.4. The maximum Gasteiger partial charge on any atom is 0.356 e. The normalized spacial score (nSPS) is 25.8. The number of β-lactam (4-membered cyclic amide) rings is 1. The summed E-state index contributed by atoms with van der Waals surface area (Å²) in [5, 5.41) is 21.1. The van der Waals surface area contributed by atoms with Crippen LogP contribution in [0.15, 0.2) is 41.2 Å². The van der Waals surface area contributed by atoms with Crippen LogP contribution in [-0.2, 0) is 34.5 Å². The summed E-state index contributed by atoms with van der Waals surface area (Å²) in [7, 11) is 1.93. The van der Waals surface area contributed by atoms with E-state index >= 15 is 0 Å². The predicted molar refractivity (Wildman–Crippen MR) is 123 cm³/mol. The molecule has 12 heteroatoms. The van der Waals surface area contributed by atoms with Crippen molar-refractivity contribution in [2.24, 2.45) is 18.9 Å². The minimum Gasteiger partial charge on any atom is -0.456 e. The average molecular weight is 501 g/mol. The van der Waals surface area contributed by atoms with Crippen molar-refractivity contribution < 1.29 is 29.0 Å². The second-order valence-electron chi connectivity index (χ2n) is 9.16. The van der Waals surface area contributed by atoms with E-state index in [9.17, 15) is 24.8 Å². The number of aryl methyl sites for hydroxylation is 1. The van der Waals surface area contributed by atoms with Crippen LogP contribution < -0.4 is 4.68 Å². The van der Waals surface area contributed by atoms with Crippen LogP contribution in [0.4, 0.5) is 5.69 Å². The van der Waals surface area contributed by atoms with Gasteiger partial charge in [0, 0.05) is 23.0 Å². The molecule has 11 nitrogen and oxygen atoms in total. The molecule has 2 aromatic rings. The van der Waals surface area contributed by atoms with Crippen LogP contribution in [0.3, 0.4) is 0 Å². The van der Waals surface area contributed by atoms with Gasteiger partial charge in [-0.2, -0.15) is 9.36 Å². The molecule has 1 unspecified atom stereocenters. The number of non-ortho nitro benzene ring substituents is 1. The van der Waals surface area contributed by atoms with Gasteiger partial charge in [0.1, 0.15) is 19.4 Å². The highest BCUT2D eigenvalue weighted by atomic mass is 32.2. The third kappa shape index (κ3) is 3.80. The molecule has 0 bridgehead atoms. The number of thioether (sulfide) groups is 1. The van der Waals surface area contributed by atoms with Crippen molar-refractivity contribution in [1.29, 1.82) is 0 Å². The highest BCUT2D eigenvalue weighted by Crippen LogP contribution is 2.54. The molecule has 1 amide bonds. The van der Waals surface area contributed by atoms with Crippen LogP contribution >= 0.6 is 11.8 Å². The van der Waals surface area contributed by atoms with E-state index in [-0.39, 0.29) is 41.1 Å². The number of aliphatic hydroxyl groups is 1. The first-order valence-corrected chi connectivity index (χ1v) is 12.3. The highest BCUT2D eigenvalue weighted by Gasteiger charge is 2.60. The maximum atomic E-state index is 13.3. The van der Waals surface area contributed by atoms with E-state index in [4.69, 9.17) is 4.74 Å². The Morgan fingerprint density at radius 3 is 2.77 bits per heavy atom. The molecule has 1 saturated heterocycles. The molecule has 4 heterocycles. The SMILES string of the molecule is C[C@@H](O)[C@H]1C(=O)N2C(C(=O)OCc3ccc([N+](=O)[O-])cc3)=C(SC3CCn4c3nc[n+]4C)[C@H](C)[C@H]12. The molecule has 0 spiro atoms. The fraction of sp³-hybridized carbons (Fsp3) is 0.478. The van der Waals surface area contributed by atoms with Crippen molar-refractivity contribution in [2.75, 3.05) is 0 Å². The number of hydrogen-bond acceptors (Lipinski definition) is 8. The first kappa shape index (κ1) is 23.5. The van der Waals surface area contributed by atoms with Gasteiger partial charge in [-0.05, 0) is 36.0 Å². The molecular weight excluding hydrogens is 474 g/mol. The summed E-state index contributed by atoms with van der Waals surface area (Å²) in [5.74, 6) is -0.692. The third-order valence-corrected chi connectivity index (χ3v) is 8.53. The number of carbonyl (C=O) groups is 2. The Hall–Kier alpha value is -3.25. The Kier molecular flexibility index (Phi) is 5.88. The van der Waals surface area contributed by atoms with Gasteiger partial charge in [0.25, 0.3) is 11.5 Å². The Balaban J connectivity index is 1.41. The molecule has 3 aliphatic heterocycles. The van der Waals surface area contributed by atoms with E-state index in [1.807, 2.05) is 18.7 Å².